The maximum atomic E-state index is 12.3. The van der Waals surface area contributed by atoms with Gasteiger partial charge in [-0.15, -0.1) is 0 Å². The van der Waals surface area contributed by atoms with Crippen LogP contribution >= 0.6 is 15.9 Å². The highest BCUT2D eigenvalue weighted by Gasteiger charge is 2.22. The first-order valence-corrected chi connectivity index (χ1v) is 7.00. The minimum atomic E-state index is 0.174. The number of piperidine rings is 1. The van der Waals surface area contributed by atoms with Gasteiger partial charge < -0.3 is 4.90 Å². The van der Waals surface area contributed by atoms with Crippen molar-refractivity contribution in [3.8, 4) is 0 Å². The molecule has 1 saturated heterocycles. The molecule has 17 heavy (non-hydrogen) atoms. The van der Waals surface area contributed by atoms with Crippen molar-refractivity contribution in [1.82, 2.24) is 4.90 Å². The molecule has 92 valence electrons. The van der Waals surface area contributed by atoms with E-state index in [0.717, 1.165) is 31.5 Å². The van der Waals surface area contributed by atoms with Crippen LogP contribution in [-0.2, 0) is 0 Å². The number of nitrogens with zero attached hydrogens (tertiary/aromatic N) is 1. The van der Waals surface area contributed by atoms with Crippen molar-refractivity contribution in [2.45, 2.75) is 31.5 Å². The van der Waals surface area contributed by atoms with Crippen molar-refractivity contribution in [2.75, 3.05) is 13.1 Å². The number of carbonyl (C=O) groups excluding carboxylic acids is 1. The molecule has 0 spiro atoms. The van der Waals surface area contributed by atoms with E-state index in [0.29, 0.717) is 4.83 Å². The van der Waals surface area contributed by atoms with Crippen molar-refractivity contribution in [1.29, 1.82) is 0 Å². The van der Waals surface area contributed by atoms with Gasteiger partial charge in [-0.25, -0.2) is 0 Å². The summed E-state index contributed by atoms with van der Waals surface area (Å²) >= 11 is 3.60. The predicted octanol–water partition coefficient (Wildman–Crippen LogP) is 3.30. The van der Waals surface area contributed by atoms with E-state index < -0.39 is 0 Å². The van der Waals surface area contributed by atoms with Gasteiger partial charge in [-0.1, -0.05) is 22.0 Å². The first-order chi connectivity index (χ1) is 8.08. The molecule has 0 bridgehead atoms. The van der Waals surface area contributed by atoms with E-state index in [9.17, 15) is 4.79 Å². The average Bonchev–Trinajstić information content (AvgIpc) is 2.33. The van der Waals surface area contributed by atoms with E-state index in [1.165, 1.54) is 11.1 Å². The van der Waals surface area contributed by atoms with Gasteiger partial charge in [-0.05, 0) is 49.9 Å². The Morgan fingerprint density at radius 3 is 2.47 bits per heavy atom. The van der Waals surface area contributed by atoms with Gasteiger partial charge >= 0.3 is 0 Å². The zero-order chi connectivity index (χ0) is 12.4. The number of halogens is 1. The molecule has 0 aromatic heterocycles. The van der Waals surface area contributed by atoms with Crippen molar-refractivity contribution in [3.63, 3.8) is 0 Å². The first-order valence-electron chi connectivity index (χ1n) is 6.08. The molecule has 1 aliphatic heterocycles. The van der Waals surface area contributed by atoms with Crippen molar-refractivity contribution < 1.29 is 4.79 Å². The summed E-state index contributed by atoms with van der Waals surface area (Å²) in [4.78, 5) is 14.8. The highest BCUT2D eigenvalue weighted by atomic mass is 79.9. The van der Waals surface area contributed by atoms with Gasteiger partial charge in [0.15, 0.2) is 0 Å². The molecular weight excluding hydrogens is 278 g/mol. The third-order valence-corrected chi connectivity index (χ3v) is 4.38. The zero-order valence-electron chi connectivity index (χ0n) is 10.4. The molecule has 1 amide bonds. The molecule has 0 unspecified atom stereocenters. The van der Waals surface area contributed by atoms with Crippen LogP contribution in [0.15, 0.2) is 18.2 Å². The van der Waals surface area contributed by atoms with E-state index in [2.05, 4.69) is 29.8 Å². The Hall–Kier alpha value is -0.830. The van der Waals surface area contributed by atoms with Gasteiger partial charge in [0.25, 0.3) is 5.91 Å². The molecule has 3 heteroatoms. The van der Waals surface area contributed by atoms with Crippen LogP contribution < -0.4 is 0 Å². The molecule has 1 fully saturated rings. The van der Waals surface area contributed by atoms with E-state index in [-0.39, 0.29) is 5.91 Å². The van der Waals surface area contributed by atoms with Crippen LogP contribution in [0.2, 0.25) is 0 Å². The second kappa shape index (κ2) is 5.21. The Morgan fingerprint density at radius 2 is 1.88 bits per heavy atom. The number of hydrogen-bond donors (Lipinski definition) is 0. The predicted molar refractivity (Wildman–Crippen MR) is 73.8 cm³/mol. The lowest BCUT2D eigenvalue weighted by Gasteiger charge is -2.29. The molecule has 0 aliphatic carbocycles. The largest absolute Gasteiger partial charge is 0.339 e. The molecule has 0 atom stereocenters. The topological polar surface area (TPSA) is 20.3 Å². The fourth-order valence-electron chi connectivity index (χ4n) is 2.11. The van der Waals surface area contributed by atoms with Gasteiger partial charge in [0.2, 0.25) is 0 Å². The molecule has 1 aliphatic rings. The number of alkyl halides is 1. The quantitative estimate of drug-likeness (QED) is 0.728. The molecule has 2 rings (SSSR count). The number of benzene rings is 1. The van der Waals surface area contributed by atoms with Crippen LogP contribution in [0.5, 0.6) is 0 Å². The second-order valence-electron chi connectivity index (χ2n) is 4.77. The number of hydrogen-bond acceptors (Lipinski definition) is 1. The summed E-state index contributed by atoms with van der Waals surface area (Å²) in [5, 5.41) is 0. The van der Waals surface area contributed by atoms with E-state index in [4.69, 9.17) is 0 Å². The van der Waals surface area contributed by atoms with E-state index in [1.54, 1.807) is 0 Å². The lowest BCUT2D eigenvalue weighted by molar-refractivity contribution is 0.0728. The van der Waals surface area contributed by atoms with Crippen LogP contribution in [-0.4, -0.2) is 28.7 Å². The molecule has 1 aromatic carbocycles. The van der Waals surface area contributed by atoms with Crippen molar-refractivity contribution >= 4 is 21.8 Å². The van der Waals surface area contributed by atoms with Gasteiger partial charge in [-0.3, -0.25) is 4.79 Å². The summed E-state index contributed by atoms with van der Waals surface area (Å²) in [5.41, 5.74) is 3.24. The van der Waals surface area contributed by atoms with Gasteiger partial charge in [0.1, 0.15) is 0 Å². The number of aryl methyl sites for hydroxylation is 2. The summed E-state index contributed by atoms with van der Waals surface area (Å²) in [5.74, 6) is 0.174. The number of rotatable bonds is 1. The molecule has 1 aromatic rings. The molecule has 2 nitrogen and oxygen atoms in total. The van der Waals surface area contributed by atoms with Gasteiger partial charge in [0, 0.05) is 23.5 Å². The third-order valence-electron chi connectivity index (χ3n) is 3.47. The smallest absolute Gasteiger partial charge is 0.253 e. The van der Waals surface area contributed by atoms with Crippen molar-refractivity contribution in [2.24, 2.45) is 0 Å². The lowest BCUT2D eigenvalue weighted by Crippen LogP contribution is -2.38. The fraction of sp³-hybridized carbons (Fsp3) is 0.500. The summed E-state index contributed by atoms with van der Waals surface area (Å²) in [6.45, 7) is 5.85. The fourth-order valence-corrected chi connectivity index (χ4v) is 2.52. The van der Waals surface area contributed by atoms with Crippen molar-refractivity contribution in [3.05, 3.63) is 34.9 Å². The van der Waals surface area contributed by atoms with Crippen LogP contribution in [0.3, 0.4) is 0 Å². The van der Waals surface area contributed by atoms with Crippen LogP contribution in [0.25, 0.3) is 0 Å². The highest BCUT2D eigenvalue weighted by molar-refractivity contribution is 9.09. The maximum Gasteiger partial charge on any atom is 0.253 e. The van der Waals surface area contributed by atoms with E-state index >= 15 is 0 Å². The SMILES string of the molecule is Cc1ccc(C(=O)N2CCC(Br)CC2)cc1C. The third kappa shape index (κ3) is 2.89. The van der Waals surface area contributed by atoms with Crippen LogP contribution in [0, 0.1) is 13.8 Å². The first kappa shape index (κ1) is 12.6. The van der Waals surface area contributed by atoms with Gasteiger partial charge in [-0.2, -0.15) is 0 Å². The Labute approximate surface area is 111 Å². The average molecular weight is 296 g/mol. The summed E-state index contributed by atoms with van der Waals surface area (Å²) in [6, 6.07) is 5.96. The summed E-state index contributed by atoms with van der Waals surface area (Å²) < 4.78 is 0. The molecule has 1 heterocycles. The monoisotopic (exact) mass is 295 g/mol. The Balaban J connectivity index is 2.11. The highest BCUT2D eigenvalue weighted by Crippen LogP contribution is 2.20. The Bertz CT molecular complexity index is 422. The lowest BCUT2D eigenvalue weighted by atomic mass is 10.0. The number of likely N-dealkylation sites (tertiary alicyclic amines) is 1. The standard InChI is InChI=1S/C14H18BrNO/c1-10-3-4-12(9-11(10)2)14(17)16-7-5-13(15)6-8-16/h3-4,9,13H,5-8H2,1-2H3. The van der Waals surface area contributed by atoms with Crippen LogP contribution in [0.1, 0.15) is 34.3 Å². The Kier molecular flexibility index (Phi) is 3.87. The molecule has 0 N–H and O–H groups in total. The van der Waals surface area contributed by atoms with Crippen LogP contribution in [0.4, 0.5) is 0 Å². The maximum absolute atomic E-state index is 12.3. The summed E-state index contributed by atoms with van der Waals surface area (Å²) in [7, 11) is 0. The summed E-state index contributed by atoms with van der Waals surface area (Å²) in [6.07, 6.45) is 2.10. The number of amides is 1. The minimum absolute atomic E-state index is 0.174. The second-order valence-corrected chi connectivity index (χ2v) is 6.06. The molecular formula is C14H18BrNO. The van der Waals surface area contributed by atoms with E-state index in [1.807, 2.05) is 23.1 Å². The Morgan fingerprint density at radius 1 is 1.24 bits per heavy atom. The normalized spacial score (nSPS) is 17.2. The minimum Gasteiger partial charge on any atom is -0.339 e. The number of carbonyl (C=O) groups is 1. The molecule has 0 saturated carbocycles. The molecule has 0 radical (unpaired) electrons. The zero-order valence-corrected chi connectivity index (χ0v) is 12.0. The van der Waals surface area contributed by atoms with Gasteiger partial charge in [0.05, 0.1) is 0 Å².